The van der Waals surface area contributed by atoms with Crippen molar-refractivity contribution in [2.45, 2.75) is 51.5 Å². The molecular weight excluding hydrogens is 190 g/mol. The van der Waals surface area contributed by atoms with Gasteiger partial charge >= 0.3 is 0 Å². The minimum Gasteiger partial charge on any atom is -0.394 e. The van der Waals surface area contributed by atoms with Crippen LogP contribution in [0.2, 0.25) is 0 Å². The van der Waals surface area contributed by atoms with E-state index in [1.807, 2.05) is 14.0 Å². The van der Waals surface area contributed by atoms with Crippen molar-refractivity contribution in [3.63, 3.8) is 0 Å². The molecule has 0 radical (unpaired) electrons. The Hall–Kier alpha value is -0.120. The van der Waals surface area contributed by atoms with E-state index in [1.165, 1.54) is 19.3 Å². The van der Waals surface area contributed by atoms with Gasteiger partial charge in [-0.1, -0.05) is 19.8 Å². The first kappa shape index (κ1) is 14.9. The topological polar surface area (TPSA) is 41.5 Å². The molecule has 15 heavy (non-hydrogen) atoms. The molecule has 0 rings (SSSR count). The Labute approximate surface area is 94.2 Å². The van der Waals surface area contributed by atoms with E-state index in [0.717, 1.165) is 26.1 Å². The Kier molecular flexibility index (Phi) is 9.06. The van der Waals surface area contributed by atoms with Gasteiger partial charge < -0.3 is 15.2 Å². The van der Waals surface area contributed by atoms with Gasteiger partial charge in [-0.05, 0) is 33.2 Å². The summed E-state index contributed by atoms with van der Waals surface area (Å²) in [4.78, 5) is 0. The molecule has 92 valence electrons. The Bertz CT molecular complexity index is 136. The molecule has 0 aliphatic heterocycles. The molecule has 0 saturated heterocycles. The normalized spacial score (nSPS) is 15.2. The lowest BCUT2D eigenvalue weighted by Crippen LogP contribution is -2.43. The van der Waals surface area contributed by atoms with Crippen molar-refractivity contribution >= 4 is 0 Å². The summed E-state index contributed by atoms with van der Waals surface area (Å²) in [7, 11) is 1.89. The molecule has 1 unspecified atom stereocenters. The lowest BCUT2D eigenvalue weighted by Gasteiger charge is -2.26. The van der Waals surface area contributed by atoms with Gasteiger partial charge in [0.05, 0.1) is 6.61 Å². The smallest absolute Gasteiger partial charge is 0.0610 e. The molecule has 3 heteroatoms. The first-order chi connectivity index (χ1) is 7.18. The zero-order valence-corrected chi connectivity index (χ0v) is 10.5. The van der Waals surface area contributed by atoms with E-state index in [-0.39, 0.29) is 12.1 Å². The summed E-state index contributed by atoms with van der Waals surface area (Å²) in [5.41, 5.74) is -0.146. The number of ether oxygens (including phenoxy) is 1. The average molecular weight is 217 g/mol. The number of rotatable bonds is 10. The fraction of sp³-hybridized carbons (Fsp3) is 1.00. The van der Waals surface area contributed by atoms with Crippen LogP contribution in [0, 0.1) is 0 Å². The molecular formula is C12H27NO2. The number of unbranched alkanes of at least 4 members (excludes halogenated alkanes) is 2. The van der Waals surface area contributed by atoms with Gasteiger partial charge in [-0.2, -0.15) is 0 Å². The van der Waals surface area contributed by atoms with E-state index >= 15 is 0 Å². The first-order valence-electron chi connectivity index (χ1n) is 6.06. The molecule has 2 N–H and O–H groups in total. The monoisotopic (exact) mass is 217 g/mol. The quantitative estimate of drug-likeness (QED) is 0.550. The van der Waals surface area contributed by atoms with Crippen LogP contribution in [0.5, 0.6) is 0 Å². The van der Waals surface area contributed by atoms with Crippen LogP contribution < -0.4 is 5.32 Å². The van der Waals surface area contributed by atoms with E-state index < -0.39 is 0 Å². The van der Waals surface area contributed by atoms with Crippen LogP contribution in [0.25, 0.3) is 0 Å². The van der Waals surface area contributed by atoms with Crippen molar-refractivity contribution in [3.05, 3.63) is 0 Å². The summed E-state index contributed by atoms with van der Waals surface area (Å²) in [6.45, 7) is 6.09. The summed E-state index contributed by atoms with van der Waals surface area (Å²) in [5, 5.41) is 12.3. The van der Waals surface area contributed by atoms with Crippen LogP contribution >= 0.6 is 0 Å². The third kappa shape index (κ3) is 7.77. The van der Waals surface area contributed by atoms with Crippen molar-refractivity contribution in [1.29, 1.82) is 0 Å². The lowest BCUT2D eigenvalue weighted by molar-refractivity contribution is 0.109. The Morgan fingerprint density at radius 1 is 1.20 bits per heavy atom. The predicted molar refractivity (Wildman–Crippen MR) is 64.1 cm³/mol. The Morgan fingerprint density at radius 2 is 1.87 bits per heavy atom. The van der Waals surface area contributed by atoms with Crippen molar-refractivity contribution in [3.8, 4) is 0 Å². The fourth-order valence-corrected chi connectivity index (χ4v) is 1.40. The first-order valence-corrected chi connectivity index (χ1v) is 6.06. The summed E-state index contributed by atoms with van der Waals surface area (Å²) in [6.07, 6.45) is 5.62. The third-order valence-electron chi connectivity index (χ3n) is 2.86. The van der Waals surface area contributed by atoms with Gasteiger partial charge in [-0.3, -0.25) is 0 Å². The van der Waals surface area contributed by atoms with E-state index in [1.54, 1.807) is 0 Å². The number of aliphatic hydroxyl groups is 1. The highest BCUT2D eigenvalue weighted by Gasteiger charge is 2.19. The number of aliphatic hydroxyl groups excluding tert-OH is 1. The van der Waals surface area contributed by atoms with Crippen molar-refractivity contribution < 1.29 is 9.84 Å². The average Bonchev–Trinajstić information content (AvgIpc) is 2.27. The van der Waals surface area contributed by atoms with Gasteiger partial charge in [0.2, 0.25) is 0 Å². The number of hydrogen-bond donors (Lipinski definition) is 2. The minimum atomic E-state index is -0.146. The molecule has 0 fully saturated rings. The van der Waals surface area contributed by atoms with E-state index in [0.29, 0.717) is 0 Å². The van der Waals surface area contributed by atoms with Gasteiger partial charge in [-0.15, -0.1) is 0 Å². The second kappa shape index (κ2) is 9.13. The molecule has 0 aromatic carbocycles. The highest BCUT2D eigenvalue weighted by molar-refractivity contribution is 4.79. The maximum atomic E-state index is 9.15. The molecule has 0 aromatic rings. The lowest BCUT2D eigenvalue weighted by atomic mass is 9.97. The van der Waals surface area contributed by atoms with Gasteiger partial charge in [0.15, 0.2) is 0 Å². The highest BCUT2D eigenvalue weighted by atomic mass is 16.5. The summed E-state index contributed by atoms with van der Waals surface area (Å²) in [5.74, 6) is 0. The van der Waals surface area contributed by atoms with Crippen LogP contribution in [0.3, 0.4) is 0 Å². The molecule has 0 aliphatic rings. The molecule has 0 heterocycles. The molecule has 0 spiro atoms. The predicted octanol–water partition coefficient (Wildman–Crippen LogP) is 1.94. The summed E-state index contributed by atoms with van der Waals surface area (Å²) < 4.78 is 5.51. The number of hydrogen-bond acceptors (Lipinski definition) is 3. The zero-order valence-electron chi connectivity index (χ0n) is 10.5. The van der Waals surface area contributed by atoms with Gasteiger partial charge in [0.1, 0.15) is 0 Å². The zero-order chi connectivity index (χ0) is 11.6. The van der Waals surface area contributed by atoms with E-state index in [4.69, 9.17) is 9.84 Å². The summed E-state index contributed by atoms with van der Waals surface area (Å²) in [6, 6.07) is 0. The number of likely N-dealkylation sites (N-methyl/N-ethyl adjacent to an activating group) is 1. The van der Waals surface area contributed by atoms with E-state index in [2.05, 4.69) is 12.2 Å². The SMILES string of the molecule is CCCCCOCCCC(C)(CO)NC. The van der Waals surface area contributed by atoms with Crippen LogP contribution in [-0.2, 0) is 4.74 Å². The molecule has 0 saturated carbocycles. The fourth-order valence-electron chi connectivity index (χ4n) is 1.40. The largest absolute Gasteiger partial charge is 0.394 e. The molecule has 0 aromatic heterocycles. The van der Waals surface area contributed by atoms with E-state index in [9.17, 15) is 0 Å². The van der Waals surface area contributed by atoms with Crippen LogP contribution in [0.4, 0.5) is 0 Å². The molecule has 0 aliphatic carbocycles. The maximum absolute atomic E-state index is 9.15. The van der Waals surface area contributed by atoms with Crippen LogP contribution in [0.15, 0.2) is 0 Å². The number of nitrogens with one attached hydrogen (secondary N) is 1. The van der Waals surface area contributed by atoms with Gasteiger partial charge in [-0.25, -0.2) is 0 Å². The van der Waals surface area contributed by atoms with Crippen LogP contribution in [0.1, 0.15) is 46.0 Å². The maximum Gasteiger partial charge on any atom is 0.0610 e. The molecule has 1 atom stereocenters. The second-order valence-electron chi connectivity index (χ2n) is 4.39. The Balaban J connectivity index is 3.29. The van der Waals surface area contributed by atoms with Crippen LogP contribution in [-0.4, -0.2) is 37.5 Å². The molecule has 0 amide bonds. The minimum absolute atomic E-state index is 0.146. The molecule has 0 bridgehead atoms. The Morgan fingerprint density at radius 3 is 2.40 bits per heavy atom. The van der Waals surface area contributed by atoms with Crippen molar-refractivity contribution in [2.24, 2.45) is 0 Å². The summed E-state index contributed by atoms with van der Waals surface area (Å²) >= 11 is 0. The van der Waals surface area contributed by atoms with Crippen molar-refractivity contribution in [1.82, 2.24) is 5.32 Å². The van der Waals surface area contributed by atoms with Crippen molar-refractivity contribution in [2.75, 3.05) is 26.9 Å². The van der Waals surface area contributed by atoms with Gasteiger partial charge in [0.25, 0.3) is 0 Å². The standard InChI is InChI=1S/C12H27NO2/c1-4-5-6-9-15-10-7-8-12(2,11-14)13-3/h13-14H,4-11H2,1-3H3. The molecule has 3 nitrogen and oxygen atoms in total. The highest BCUT2D eigenvalue weighted by Crippen LogP contribution is 2.10. The van der Waals surface area contributed by atoms with Gasteiger partial charge in [0, 0.05) is 18.8 Å². The third-order valence-corrected chi connectivity index (χ3v) is 2.86. The second-order valence-corrected chi connectivity index (χ2v) is 4.39.